The number of hydrogen-bond donors (Lipinski definition) is 0. The molecule has 0 fully saturated rings. The van der Waals surface area contributed by atoms with E-state index in [1.165, 1.54) is 0 Å². The summed E-state index contributed by atoms with van der Waals surface area (Å²) >= 11 is 0. The first-order chi connectivity index (χ1) is 11.8. The molecule has 1 atom stereocenters. The van der Waals surface area contributed by atoms with E-state index in [0.29, 0.717) is 0 Å². The molecule has 0 amide bonds. The molecule has 1 aromatic carbocycles. The average Bonchev–Trinajstić information content (AvgIpc) is 3.15. The van der Waals surface area contributed by atoms with Gasteiger partial charge in [-0.2, -0.15) is 5.10 Å². The summed E-state index contributed by atoms with van der Waals surface area (Å²) in [5.74, 6) is 0.975. The summed E-state index contributed by atoms with van der Waals surface area (Å²) in [5.41, 5.74) is 6.10. The number of aromatic nitrogens is 4. The maximum Gasteiger partial charge on any atom is 0.160 e. The lowest BCUT2D eigenvalue weighted by Gasteiger charge is -2.20. The van der Waals surface area contributed by atoms with Crippen LogP contribution in [-0.4, -0.2) is 25.1 Å². The number of aryl methyl sites for hydroxylation is 3. The first-order valence-corrected chi connectivity index (χ1v) is 8.44. The van der Waals surface area contributed by atoms with Crippen LogP contribution in [-0.2, 0) is 7.05 Å². The molecule has 0 aliphatic carbocycles. The molecule has 2 heterocycles. The fraction of sp³-hybridized carbons (Fsp3) is 0.350. The van der Waals surface area contributed by atoms with Gasteiger partial charge in [0, 0.05) is 42.3 Å². The van der Waals surface area contributed by atoms with E-state index in [-0.39, 0.29) is 11.8 Å². The van der Waals surface area contributed by atoms with Gasteiger partial charge < -0.3 is 4.57 Å². The molecule has 3 rings (SSSR count). The lowest BCUT2D eigenvalue weighted by atomic mass is 9.91. The number of ketones is 1. The fourth-order valence-corrected chi connectivity index (χ4v) is 3.71. The van der Waals surface area contributed by atoms with E-state index in [1.807, 2.05) is 45.7 Å². The van der Waals surface area contributed by atoms with Gasteiger partial charge in [0.2, 0.25) is 0 Å². The molecule has 5 heteroatoms. The molecule has 0 spiro atoms. The number of carbonyl (C=O) groups is 1. The third-order valence-corrected chi connectivity index (χ3v) is 4.84. The van der Waals surface area contributed by atoms with Crippen LogP contribution in [0, 0.1) is 20.8 Å². The van der Waals surface area contributed by atoms with E-state index >= 15 is 0 Å². The first kappa shape index (κ1) is 17.1. The molecule has 2 aromatic heterocycles. The van der Waals surface area contributed by atoms with Crippen molar-refractivity contribution in [1.82, 2.24) is 19.3 Å². The van der Waals surface area contributed by atoms with Crippen LogP contribution in [0.4, 0.5) is 0 Å². The van der Waals surface area contributed by atoms with Crippen molar-refractivity contribution in [1.29, 1.82) is 0 Å². The standard InChI is InChI=1S/C20H24N4O/c1-12-9-13(2)19(14(3)18(12)16(5)25)20-21-7-8-24(20)15(4)17-10-22-23(6)11-17/h7-11,15H,1-6H3/t15-/m0/s1. The van der Waals surface area contributed by atoms with Crippen molar-refractivity contribution >= 4 is 5.78 Å². The smallest absolute Gasteiger partial charge is 0.160 e. The second-order valence-electron chi connectivity index (χ2n) is 6.72. The monoisotopic (exact) mass is 336 g/mol. The maximum atomic E-state index is 12.1. The Morgan fingerprint density at radius 2 is 1.92 bits per heavy atom. The zero-order chi connectivity index (χ0) is 18.3. The lowest BCUT2D eigenvalue weighted by Crippen LogP contribution is -2.10. The molecule has 0 aliphatic heterocycles. The Kier molecular flexibility index (Phi) is 4.33. The number of rotatable bonds is 4. The van der Waals surface area contributed by atoms with Crippen molar-refractivity contribution in [3.8, 4) is 11.4 Å². The number of hydrogen-bond acceptors (Lipinski definition) is 3. The molecule has 0 saturated carbocycles. The van der Waals surface area contributed by atoms with Crippen LogP contribution in [0.2, 0.25) is 0 Å². The molecular formula is C20H24N4O. The molecule has 0 unspecified atom stereocenters. The van der Waals surface area contributed by atoms with Gasteiger partial charge >= 0.3 is 0 Å². The molecule has 25 heavy (non-hydrogen) atoms. The molecule has 0 aliphatic rings. The van der Waals surface area contributed by atoms with Crippen molar-refractivity contribution in [2.75, 3.05) is 0 Å². The van der Waals surface area contributed by atoms with E-state index in [1.54, 1.807) is 11.6 Å². The van der Waals surface area contributed by atoms with E-state index < -0.39 is 0 Å². The number of carbonyl (C=O) groups excluding carboxylic acids is 1. The lowest BCUT2D eigenvalue weighted by molar-refractivity contribution is 0.101. The van der Waals surface area contributed by atoms with Gasteiger partial charge in [0.05, 0.1) is 12.2 Å². The second-order valence-corrected chi connectivity index (χ2v) is 6.72. The van der Waals surface area contributed by atoms with Crippen molar-refractivity contribution in [2.24, 2.45) is 7.05 Å². The van der Waals surface area contributed by atoms with Gasteiger partial charge in [-0.3, -0.25) is 9.48 Å². The summed E-state index contributed by atoms with van der Waals surface area (Å²) in [4.78, 5) is 16.7. The summed E-state index contributed by atoms with van der Waals surface area (Å²) in [6, 6.07) is 2.18. The molecule has 0 radical (unpaired) electrons. The van der Waals surface area contributed by atoms with E-state index in [4.69, 9.17) is 0 Å². The van der Waals surface area contributed by atoms with Gasteiger partial charge in [-0.05, 0) is 51.3 Å². The van der Waals surface area contributed by atoms with E-state index in [0.717, 1.165) is 39.2 Å². The number of Topliss-reactive ketones (excluding diaryl/α,β-unsaturated/α-hetero) is 1. The van der Waals surface area contributed by atoms with Crippen molar-refractivity contribution in [3.05, 3.63) is 58.7 Å². The average molecular weight is 336 g/mol. The second kappa shape index (κ2) is 6.31. The van der Waals surface area contributed by atoms with Crippen LogP contribution >= 0.6 is 0 Å². The molecule has 0 N–H and O–H groups in total. The summed E-state index contributed by atoms with van der Waals surface area (Å²) in [6.07, 6.45) is 7.70. The third-order valence-electron chi connectivity index (χ3n) is 4.84. The van der Waals surface area contributed by atoms with Gasteiger partial charge in [-0.15, -0.1) is 0 Å². The molecule has 0 saturated heterocycles. The Bertz CT molecular complexity index is 949. The zero-order valence-corrected chi connectivity index (χ0v) is 15.7. The highest BCUT2D eigenvalue weighted by atomic mass is 16.1. The summed E-state index contributed by atoms with van der Waals surface area (Å²) in [7, 11) is 1.92. The molecular weight excluding hydrogens is 312 g/mol. The number of nitrogens with zero attached hydrogens (tertiary/aromatic N) is 4. The van der Waals surface area contributed by atoms with Crippen LogP contribution in [0.3, 0.4) is 0 Å². The van der Waals surface area contributed by atoms with Crippen molar-refractivity contribution in [3.63, 3.8) is 0 Å². The van der Waals surface area contributed by atoms with Crippen LogP contribution in [0.5, 0.6) is 0 Å². The first-order valence-electron chi connectivity index (χ1n) is 8.44. The summed E-state index contributed by atoms with van der Waals surface area (Å²) in [5, 5.41) is 4.27. The highest BCUT2D eigenvalue weighted by Crippen LogP contribution is 2.33. The number of imidazole rings is 1. The zero-order valence-electron chi connectivity index (χ0n) is 15.7. The Morgan fingerprint density at radius 3 is 2.52 bits per heavy atom. The molecule has 130 valence electrons. The maximum absolute atomic E-state index is 12.1. The van der Waals surface area contributed by atoms with Gasteiger partial charge in [-0.25, -0.2) is 4.98 Å². The normalized spacial score (nSPS) is 12.4. The Morgan fingerprint density at radius 1 is 1.20 bits per heavy atom. The minimum atomic E-state index is 0.0923. The van der Waals surface area contributed by atoms with Crippen LogP contribution in [0.25, 0.3) is 11.4 Å². The predicted octanol–water partition coefficient (Wildman–Crippen LogP) is 4.02. The molecule has 5 nitrogen and oxygen atoms in total. The predicted molar refractivity (Wildman–Crippen MR) is 98.9 cm³/mol. The highest BCUT2D eigenvalue weighted by molar-refractivity contribution is 5.99. The minimum absolute atomic E-state index is 0.0923. The fourth-order valence-electron chi connectivity index (χ4n) is 3.71. The van der Waals surface area contributed by atoms with Crippen LogP contribution < -0.4 is 0 Å². The van der Waals surface area contributed by atoms with Gasteiger partial charge in [0.15, 0.2) is 5.78 Å². The SMILES string of the molecule is CC(=O)c1c(C)cc(C)c(-c2nccn2[C@@H](C)c2cnn(C)c2)c1C. The summed E-state index contributed by atoms with van der Waals surface area (Å²) in [6.45, 7) is 9.84. The van der Waals surface area contributed by atoms with E-state index in [9.17, 15) is 4.79 Å². The molecule has 0 bridgehead atoms. The quantitative estimate of drug-likeness (QED) is 0.676. The van der Waals surface area contributed by atoms with Crippen LogP contribution in [0.15, 0.2) is 30.9 Å². The van der Waals surface area contributed by atoms with Gasteiger partial charge in [-0.1, -0.05) is 6.07 Å². The number of benzene rings is 1. The molecule has 3 aromatic rings. The summed E-state index contributed by atoms with van der Waals surface area (Å²) < 4.78 is 3.95. The Balaban J connectivity index is 2.18. The largest absolute Gasteiger partial charge is 0.324 e. The van der Waals surface area contributed by atoms with Crippen molar-refractivity contribution in [2.45, 2.75) is 40.7 Å². The third kappa shape index (κ3) is 2.90. The van der Waals surface area contributed by atoms with Gasteiger partial charge in [0.25, 0.3) is 0 Å². The Labute approximate surface area is 148 Å². The topological polar surface area (TPSA) is 52.7 Å². The van der Waals surface area contributed by atoms with Crippen molar-refractivity contribution < 1.29 is 4.79 Å². The van der Waals surface area contributed by atoms with Crippen LogP contribution in [0.1, 0.15) is 52.5 Å². The van der Waals surface area contributed by atoms with E-state index in [2.05, 4.69) is 34.6 Å². The Hall–Kier alpha value is -2.69. The van der Waals surface area contributed by atoms with Gasteiger partial charge in [0.1, 0.15) is 5.82 Å². The highest BCUT2D eigenvalue weighted by Gasteiger charge is 2.21. The minimum Gasteiger partial charge on any atom is -0.324 e.